The summed E-state index contributed by atoms with van der Waals surface area (Å²) in [5.41, 5.74) is 0. The SMILES string of the molecule is CCCNc1ncccc1S(=O)(=O)N1CCCCCC1C. The van der Waals surface area contributed by atoms with Crippen molar-refractivity contribution in [2.75, 3.05) is 18.4 Å². The van der Waals surface area contributed by atoms with Crippen molar-refractivity contribution < 1.29 is 8.42 Å². The second kappa shape index (κ2) is 7.22. The van der Waals surface area contributed by atoms with E-state index in [-0.39, 0.29) is 6.04 Å². The van der Waals surface area contributed by atoms with Gasteiger partial charge in [0.1, 0.15) is 10.7 Å². The summed E-state index contributed by atoms with van der Waals surface area (Å²) in [6.45, 7) is 5.36. The van der Waals surface area contributed by atoms with Gasteiger partial charge in [0.2, 0.25) is 10.0 Å². The maximum atomic E-state index is 13.0. The smallest absolute Gasteiger partial charge is 0.246 e. The van der Waals surface area contributed by atoms with E-state index in [1.54, 1.807) is 22.6 Å². The van der Waals surface area contributed by atoms with E-state index in [1.165, 1.54) is 0 Å². The minimum Gasteiger partial charge on any atom is -0.369 e. The summed E-state index contributed by atoms with van der Waals surface area (Å²) in [5, 5.41) is 3.12. The van der Waals surface area contributed by atoms with Crippen molar-refractivity contribution in [2.24, 2.45) is 0 Å². The van der Waals surface area contributed by atoms with Gasteiger partial charge >= 0.3 is 0 Å². The maximum absolute atomic E-state index is 13.0. The van der Waals surface area contributed by atoms with Gasteiger partial charge in [0.25, 0.3) is 0 Å². The molecule has 1 aromatic heterocycles. The fraction of sp³-hybridized carbons (Fsp3) is 0.667. The van der Waals surface area contributed by atoms with E-state index in [9.17, 15) is 8.42 Å². The lowest BCUT2D eigenvalue weighted by molar-refractivity contribution is 0.342. The topological polar surface area (TPSA) is 62.3 Å². The quantitative estimate of drug-likeness (QED) is 0.908. The number of sulfonamides is 1. The zero-order chi connectivity index (χ0) is 15.3. The zero-order valence-corrected chi connectivity index (χ0v) is 13.7. The number of nitrogens with one attached hydrogen (secondary N) is 1. The molecule has 1 saturated heterocycles. The Bertz CT molecular complexity index is 560. The zero-order valence-electron chi connectivity index (χ0n) is 12.9. The molecule has 1 aliphatic rings. The third-order valence-electron chi connectivity index (χ3n) is 3.89. The van der Waals surface area contributed by atoms with Crippen LogP contribution in [0.25, 0.3) is 0 Å². The molecule has 21 heavy (non-hydrogen) atoms. The van der Waals surface area contributed by atoms with E-state index in [0.717, 1.165) is 38.6 Å². The van der Waals surface area contributed by atoms with Crippen LogP contribution in [-0.4, -0.2) is 36.8 Å². The van der Waals surface area contributed by atoms with Crippen molar-refractivity contribution in [1.82, 2.24) is 9.29 Å². The molecule has 2 heterocycles. The Labute approximate surface area is 127 Å². The molecule has 1 aromatic rings. The number of anilines is 1. The number of nitrogens with zero attached hydrogens (tertiary/aromatic N) is 2. The van der Waals surface area contributed by atoms with E-state index in [1.807, 2.05) is 13.8 Å². The highest BCUT2D eigenvalue weighted by molar-refractivity contribution is 7.89. The molecule has 0 spiro atoms. The largest absolute Gasteiger partial charge is 0.369 e. The molecular weight excluding hydrogens is 286 g/mol. The average molecular weight is 311 g/mol. The molecule has 118 valence electrons. The molecule has 0 aromatic carbocycles. The normalized spacial score (nSPS) is 21.0. The molecule has 0 radical (unpaired) electrons. The molecule has 6 heteroatoms. The number of aromatic nitrogens is 1. The highest BCUT2D eigenvalue weighted by atomic mass is 32.2. The van der Waals surface area contributed by atoms with Crippen LogP contribution in [0.3, 0.4) is 0 Å². The van der Waals surface area contributed by atoms with Crippen molar-refractivity contribution >= 4 is 15.8 Å². The predicted molar refractivity (Wildman–Crippen MR) is 84.8 cm³/mol. The van der Waals surface area contributed by atoms with E-state index < -0.39 is 10.0 Å². The first-order valence-electron chi connectivity index (χ1n) is 7.78. The van der Waals surface area contributed by atoms with E-state index in [2.05, 4.69) is 10.3 Å². The lowest BCUT2D eigenvalue weighted by Crippen LogP contribution is -2.38. The molecule has 2 rings (SSSR count). The second-order valence-corrected chi connectivity index (χ2v) is 7.45. The van der Waals surface area contributed by atoms with Crippen LogP contribution in [0, 0.1) is 0 Å². The Hall–Kier alpha value is -1.14. The molecule has 1 atom stereocenters. The van der Waals surface area contributed by atoms with Crippen LogP contribution in [0.15, 0.2) is 23.2 Å². The summed E-state index contributed by atoms with van der Waals surface area (Å²) in [4.78, 5) is 4.51. The van der Waals surface area contributed by atoms with Crippen molar-refractivity contribution in [3.05, 3.63) is 18.3 Å². The summed E-state index contributed by atoms with van der Waals surface area (Å²) < 4.78 is 27.6. The molecule has 0 amide bonds. The summed E-state index contributed by atoms with van der Waals surface area (Å²) >= 11 is 0. The Kier molecular flexibility index (Phi) is 5.58. The number of hydrogen-bond donors (Lipinski definition) is 1. The van der Waals surface area contributed by atoms with Gasteiger partial charge in [-0.1, -0.05) is 19.8 Å². The Morgan fingerprint density at radius 2 is 2.19 bits per heavy atom. The monoisotopic (exact) mass is 311 g/mol. The van der Waals surface area contributed by atoms with Crippen LogP contribution in [0.2, 0.25) is 0 Å². The summed E-state index contributed by atoms with van der Waals surface area (Å²) in [5.74, 6) is 0.468. The fourth-order valence-electron chi connectivity index (χ4n) is 2.71. The van der Waals surface area contributed by atoms with Gasteiger partial charge in [-0.2, -0.15) is 4.31 Å². The Morgan fingerprint density at radius 3 is 2.95 bits per heavy atom. The van der Waals surface area contributed by atoms with Crippen LogP contribution in [0.5, 0.6) is 0 Å². The first kappa shape index (κ1) is 16.2. The number of rotatable bonds is 5. The molecule has 0 saturated carbocycles. The van der Waals surface area contributed by atoms with Gasteiger partial charge in [-0.3, -0.25) is 0 Å². The Morgan fingerprint density at radius 1 is 1.38 bits per heavy atom. The van der Waals surface area contributed by atoms with Crippen LogP contribution in [-0.2, 0) is 10.0 Å². The van der Waals surface area contributed by atoms with Crippen LogP contribution >= 0.6 is 0 Å². The lowest BCUT2D eigenvalue weighted by atomic mass is 10.1. The summed E-state index contributed by atoms with van der Waals surface area (Å²) in [6, 6.07) is 3.39. The van der Waals surface area contributed by atoms with Crippen LogP contribution in [0.1, 0.15) is 46.0 Å². The average Bonchev–Trinajstić information content (AvgIpc) is 2.70. The van der Waals surface area contributed by atoms with Crippen LogP contribution in [0.4, 0.5) is 5.82 Å². The first-order chi connectivity index (χ1) is 10.1. The van der Waals surface area contributed by atoms with Crippen molar-refractivity contribution in [3.8, 4) is 0 Å². The molecule has 1 N–H and O–H groups in total. The van der Waals surface area contributed by atoms with Gasteiger partial charge < -0.3 is 5.32 Å². The highest BCUT2D eigenvalue weighted by Gasteiger charge is 2.31. The predicted octanol–water partition coefficient (Wildman–Crippen LogP) is 2.86. The van der Waals surface area contributed by atoms with E-state index >= 15 is 0 Å². The van der Waals surface area contributed by atoms with E-state index in [4.69, 9.17) is 0 Å². The van der Waals surface area contributed by atoms with Gasteiger partial charge in [-0.15, -0.1) is 0 Å². The molecule has 1 fully saturated rings. The minimum absolute atomic E-state index is 0.0525. The molecule has 5 nitrogen and oxygen atoms in total. The van der Waals surface area contributed by atoms with Gasteiger partial charge in [0.15, 0.2) is 0 Å². The Balaban J connectivity index is 2.34. The third kappa shape index (κ3) is 3.74. The van der Waals surface area contributed by atoms with Crippen molar-refractivity contribution in [2.45, 2.75) is 56.9 Å². The maximum Gasteiger partial charge on any atom is 0.246 e. The molecule has 0 bridgehead atoms. The first-order valence-corrected chi connectivity index (χ1v) is 9.22. The van der Waals surface area contributed by atoms with Crippen molar-refractivity contribution in [1.29, 1.82) is 0 Å². The van der Waals surface area contributed by atoms with Gasteiger partial charge in [0.05, 0.1) is 0 Å². The standard InChI is InChI=1S/C15H25N3O2S/c1-3-10-16-15-14(9-7-11-17-15)21(19,20)18-12-6-4-5-8-13(18)2/h7,9,11,13H,3-6,8,10,12H2,1-2H3,(H,16,17). The highest BCUT2D eigenvalue weighted by Crippen LogP contribution is 2.27. The number of hydrogen-bond acceptors (Lipinski definition) is 4. The lowest BCUT2D eigenvalue weighted by Gasteiger charge is -2.27. The third-order valence-corrected chi connectivity index (χ3v) is 5.94. The van der Waals surface area contributed by atoms with Gasteiger partial charge in [-0.05, 0) is 38.3 Å². The number of pyridine rings is 1. The fourth-order valence-corrected chi connectivity index (χ4v) is 4.53. The van der Waals surface area contributed by atoms with Gasteiger partial charge in [0, 0.05) is 25.3 Å². The summed E-state index contributed by atoms with van der Waals surface area (Å²) in [6.07, 6.45) is 6.61. The van der Waals surface area contributed by atoms with Crippen LogP contribution < -0.4 is 5.32 Å². The minimum atomic E-state index is -3.49. The molecule has 0 aliphatic carbocycles. The molecule has 1 unspecified atom stereocenters. The van der Waals surface area contributed by atoms with Gasteiger partial charge in [-0.25, -0.2) is 13.4 Å². The molecule has 1 aliphatic heterocycles. The summed E-state index contributed by atoms with van der Waals surface area (Å²) in [7, 11) is -3.49. The second-order valence-electron chi connectivity index (χ2n) is 5.59. The van der Waals surface area contributed by atoms with Crippen molar-refractivity contribution in [3.63, 3.8) is 0 Å². The molecular formula is C15H25N3O2S. The van der Waals surface area contributed by atoms with E-state index in [0.29, 0.717) is 17.3 Å².